The molecule has 0 bridgehead atoms. The van der Waals surface area contributed by atoms with E-state index in [1.807, 2.05) is 19.2 Å². The van der Waals surface area contributed by atoms with Crippen molar-refractivity contribution in [3.63, 3.8) is 0 Å². The number of nitrogens with one attached hydrogen (secondary N) is 2. The predicted molar refractivity (Wildman–Crippen MR) is 136 cm³/mol. The Hall–Kier alpha value is -2.08. The number of guanidine groups is 1. The predicted octanol–water partition coefficient (Wildman–Crippen LogP) is 1.71. The molecule has 0 saturated carbocycles. The SMILES string of the molecule is CCNC(=NCc1ncnn1C)NCCCN1CCN(c2ccc(OC)cc2)CC1.I. The maximum Gasteiger partial charge on any atom is 0.191 e. The van der Waals surface area contributed by atoms with Gasteiger partial charge in [0, 0.05) is 52.0 Å². The molecule has 0 atom stereocenters. The first-order valence-corrected chi connectivity index (χ1v) is 10.7. The van der Waals surface area contributed by atoms with E-state index >= 15 is 0 Å². The fourth-order valence-corrected chi connectivity index (χ4v) is 3.49. The topological polar surface area (TPSA) is 82.8 Å². The molecule has 2 heterocycles. The number of halogens is 1. The van der Waals surface area contributed by atoms with E-state index in [1.165, 1.54) is 5.69 Å². The minimum Gasteiger partial charge on any atom is -0.497 e. The highest BCUT2D eigenvalue weighted by Crippen LogP contribution is 2.20. The Morgan fingerprint density at radius 2 is 1.87 bits per heavy atom. The third-order valence-corrected chi connectivity index (χ3v) is 5.28. The van der Waals surface area contributed by atoms with Crippen LogP contribution in [0.25, 0.3) is 0 Å². The van der Waals surface area contributed by atoms with Gasteiger partial charge in [0.05, 0.1) is 7.11 Å². The highest BCUT2D eigenvalue weighted by molar-refractivity contribution is 14.0. The number of rotatable bonds is 9. The largest absolute Gasteiger partial charge is 0.497 e. The van der Waals surface area contributed by atoms with Crippen LogP contribution in [0.2, 0.25) is 0 Å². The molecule has 31 heavy (non-hydrogen) atoms. The van der Waals surface area contributed by atoms with Crippen molar-refractivity contribution in [2.45, 2.75) is 19.9 Å². The van der Waals surface area contributed by atoms with E-state index in [-0.39, 0.29) is 24.0 Å². The third kappa shape index (κ3) is 7.84. The first-order chi connectivity index (χ1) is 14.7. The van der Waals surface area contributed by atoms with Gasteiger partial charge in [-0.1, -0.05) is 0 Å². The van der Waals surface area contributed by atoms with Crippen molar-refractivity contribution in [1.82, 2.24) is 30.3 Å². The maximum absolute atomic E-state index is 5.25. The van der Waals surface area contributed by atoms with E-state index in [0.717, 1.165) is 69.8 Å². The normalized spacial score (nSPS) is 14.8. The summed E-state index contributed by atoms with van der Waals surface area (Å²) in [6.07, 6.45) is 2.64. The fourth-order valence-electron chi connectivity index (χ4n) is 3.49. The van der Waals surface area contributed by atoms with Crippen LogP contribution in [0.4, 0.5) is 5.69 Å². The molecule has 1 aliphatic heterocycles. The monoisotopic (exact) mass is 542 g/mol. The summed E-state index contributed by atoms with van der Waals surface area (Å²) in [5, 5.41) is 10.8. The molecule has 1 saturated heterocycles. The lowest BCUT2D eigenvalue weighted by molar-refractivity contribution is 0.255. The van der Waals surface area contributed by atoms with Crippen LogP contribution in [0, 0.1) is 0 Å². The molecule has 1 aromatic heterocycles. The highest BCUT2D eigenvalue weighted by atomic mass is 127. The molecule has 2 N–H and O–H groups in total. The second kappa shape index (κ2) is 13.4. The number of hydrogen-bond donors (Lipinski definition) is 2. The maximum atomic E-state index is 5.25. The first-order valence-electron chi connectivity index (χ1n) is 10.7. The van der Waals surface area contributed by atoms with Crippen LogP contribution < -0.4 is 20.3 Å². The highest BCUT2D eigenvalue weighted by Gasteiger charge is 2.16. The van der Waals surface area contributed by atoms with Gasteiger partial charge in [-0.25, -0.2) is 9.98 Å². The van der Waals surface area contributed by atoms with Crippen LogP contribution in [-0.2, 0) is 13.6 Å². The molecule has 0 amide bonds. The van der Waals surface area contributed by atoms with E-state index in [9.17, 15) is 0 Å². The van der Waals surface area contributed by atoms with Gasteiger partial charge in [0.2, 0.25) is 0 Å². The van der Waals surface area contributed by atoms with Crippen molar-refractivity contribution < 1.29 is 4.74 Å². The Kier molecular flexibility index (Phi) is 10.9. The first kappa shape index (κ1) is 25.2. The smallest absolute Gasteiger partial charge is 0.191 e. The number of aryl methyl sites for hydroxylation is 1. The molecule has 3 rings (SSSR count). The van der Waals surface area contributed by atoms with Gasteiger partial charge in [-0.15, -0.1) is 24.0 Å². The van der Waals surface area contributed by atoms with Gasteiger partial charge >= 0.3 is 0 Å². The van der Waals surface area contributed by atoms with Gasteiger partial charge in [0.25, 0.3) is 0 Å². The third-order valence-electron chi connectivity index (χ3n) is 5.28. The molecule has 0 aliphatic carbocycles. The Balaban J connectivity index is 0.00000341. The molecule has 10 heteroatoms. The minimum absolute atomic E-state index is 0. The Labute approximate surface area is 202 Å². The molecule has 0 radical (unpaired) electrons. The summed E-state index contributed by atoms with van der Waals surface area (Å²) in [7, 11) is 3.58. The number of aliphatic imine (C=N–C) groups is 1. The summed E-state index contributed by atoms with van der Waals surface area (Å²) >= 11 is 0. The number of aromatic nitrogens is 3. The number of piperazine rings is 1. The summed E-state index contributed by atoms with van der Waals surface area (Å²) in [5.41, 5.74) is 1.27. The summed E-state index contributed by atoms with van der Waals surface area (Å²) in [6, 6.07) is 8.34. The fraction of sp³-hybridized carbons (Fsp3) is 0.571. The van der Waals surface area contributed by atoms with Crippen molar-refractivity contribution in [2.75, 3.05) is 57.8 Å². The van der Waals surface area contributed by atoms with Crippen LogP contribution in [-0.4, -0.2) is 78.5 Å². The van der Waals surface area contributed by atoms with E-state index in [1.54, 1.807) is 18.1 Å². The number of nitrogens with zero attached hydrogens (tertiary/aromatic N) is 6. The molecule has 1 aliphatic rings. The Bertz CT molecular complexity index is 787. The number of methoxy groups -OCH3 is 1. The van der Waals surface area contributed by atoms with Crippen molar-refractivity contribution >= 4 is 35.6 Å². The molecule has 172 valence electrons. The zero-order valence-electron chi connectivity index (χ0n) is 18.8. The molecular weight excluding hydrogens is 507 g/mol. The average molecular weight is 542 g/mol. The molecule has 1 fully saturated rings. The van der Waals surface area contributed by atoms with Crippen LogP contribution in [0.15, 0.2) is 35.6 Å². The number of ether oxygens (including phenoxy) is 1. The van der Waals surface area contributed by atoms with Gasteiger partial charge in [0.1, 0.15) is 24.4 Å². The average Bonchev–Trinajstić information content (AvgIpc) is 3.20. The summed E-state index contributed by atoms with van der Waals surface area (Å²) < 4.78 is 7.00. The minimum atomic E-state index is 0. The standard InChI is InChI=1S/C21H34N8O.HI/c1-4-22-21(24-16-20-25-17-26-27(20)2)23-10-5-11-28-12-14-29(15-13-28)18-6-8-19(30-3)9-7-18;/h6-9,17H,4-5,10-16H2,1-3H3,(H2,22,23,24);1H. The molecule has 1 aromatic carbocycles. The lowest BCUT2D eigenvalue weighted by Crippen LogP contribution is -2.47. The van der Waals surface area contributed by atoms with Crippen molar-refractivity contribution in [2.24, 2.45) is 12.0 Å². The number of hydrogen-bond acceptors (Lipinski definition) is 6. The van der Waals surface area contributed by atoms with Crippen LogP contribution >= 0.6 is 24.0 Å². The molecule has 9 nitrogen and oxygen atoms in total. The lowest BCUT2D eigenvalue weighted by Gasteiger charge is -2.36. The van der Waals surface area contributed by atoms with Crippen molar-refractivity contribution in [3.05, 3.63) is 36.4 Å². The quantitative estimate of drug-likeness (QED) is 0.216. The Morgan fingerprint density at radius 3 is 2.48 bits per heavy atom. The summed E-state index contributed by atoms with van der Waals surface area (Å²) in [5.74, 6) is 2.58. The van der Waals surface area contributed by atoms with Crippen LogP contribution in [0.3, 0.4) is 0 Å². The Morgan fingerprint density at radius 1 is 1.13 bits per heavy atom. The molecular formula is C21H35IN8O. The second-order valence-corrected chi connectivity index (χ2v) is 7.30. The van der Waals surface area contributed by atoms with Crippen molar-refractivity contribution in [1.29, 1.82) is 0 Å². The van der Waals surface area contributed by atoms with E-state index in [2.05, 4.69) is 54.6 Å². The summed E-state index contributed by atoms with van der Waals surface area (Å²) in [4.78, 5) is 13.8. The van der Waals surface area contributed by atoms with Gasteiger partial charge in [-0.05, 0) is 44.2 Å². The van der Waals surface area contributed by atoms with Gasteiger partial charge in [0.15, 0.2) is 5.96 Å². The molecule has 0 spiro atoms. The number of benzene rings is 1. The zero-order valence-corrected chi connectivity index (χ0v) is 21.1. The molecule has 0 unspecified atom stereocenters. The van der Waals surface area contributed by atoms with E-state index in [4.69, 9.17) is 4.74 Å². The van der Waals surface area contributed by atoms with Crippen LogP contribution in [0.1, 0.15) is 19.2 Å². The van der Waals surface area contributed by atoms with Crippen molar-refractivity contribution in [3.8, 4) is 5.75 Å². The second-order valence-electron chi connectivity index (χ2n) is 7.30. The number of anilines is 1. The van der Waals surface area contributed by atoms with E-state index in [0.29, 0.717) is 6.54 Å². The summed E-state index contributed by atoms with van der Waals surface area (Å²) in [6.45, 7) is 9.69. The van der Waals surface area contributed by atoms with Gasteiger partial charge in [-0.2, -0.15) is 5.10 Å². The molecule has 2 aromatic rings. The van der Waals surface area contributed by atoms with Gasteiger partial charge in [-0.3, -0.25) is 9.58 Å². The zero-order chi connectivity index (χ0) is 21.2. The van der Waals surface area contributed by atoms with Crippen LogP contribution in [0.5, 0.6) is 5.75 Å². The van der Waals surface area contributed by atoms with E-state index < -0.39 is 0 Å². The van der Waals surface area contributed by atoms with Gasteiger partial charge < -0.3 is 20.3 Å². The lowest BCUT2D eigenvalue weighted by atomic mass is 10.2.